The summed E-state index contributed by atoms with van der Waals surface area (Å²) in [5.74, 6) is 0. The van der Waals surface area contributed by atoms with Gasteiger partial charge < -0.3 is 4.43 Å². The summed E-state index contributed by atoms with van der Waals surface area (Å²) in [6.07, 6.45) is 0.973. The molecule has 1 aromatic rings. The molecule has 0 aliphatic carbocycles. The molecule has 0 unspecified atom stereocenters. The van der Waals surface area contributed by atoms with Gasteiger partial charge >= 0.3 is 0 Å². The second-order valence-electron chi connectivity index (χ2n) is 2.25. The van der Waals surface area contributed by atoms with Gasteiger partial charge in [0.15, 0.2) is 0 Å². The molecule has 60 valence electrons. The van der Waals surface area contributed by atoms with Crippen LogP contribution in [-0.4, -0.2) is 15.7 Å². The minimum atomic E-state index is -0.730. The molecule has 0 aromatic heterocycles. The van der Waals surface area contributed by atoms with Crippen LogP contribution < -0.4 is 0 Å². The minimum Gasteiger partial charge on any atom is -0.408 e. The summed E-state index contributed by atoms with van der Waals surface area (Å²) in [7, 11) is -0.730. The number of benzene rings is 1. The average molecular weight is 187 g/mol. The molecule has 0 amide bonds. The summed E-state index contributed by atoms with van der Waals surface area (Å²) in [6.45, 7) is 0.764. The molecule has 0 saturated heterocycles. The van der Waals surface area contributed by atoms with Gasteiger partial charge in [0.25, 0.3) is 9.07 Å². The highest BCUT2D eigenvalue weighted by Gasteiger charge is 1.89. The molecule has 3 heteroatoms. The fourth-order valence-electron chi connectivity index (χ4n) is 0.889. The molecule has 0 bridgehead atoms. The molecule has 0 aliphatic rings. The molecular formula is C8H11ClOSi. The first-order valence-corrected chi connectivity index (χ1v) is 6.32. The molecule has 0 aliphatic heterocycles. The standard InChI is InChI=1S/C8H11ClOSi/c9-11-10-7-6-8-4-2-1-3-5-8/h1-5H,6-7,11H2. The molecule has 0 atom stereocenters. The van der Waals surface area contributed by atoms with Crippen LogP contribution in [0.2, 0.25) is 0 Å². The first kappa shape index (κ1) is 8.78. The lowest BCUT2D eigenvalue weighted by atomic mass is 10.2. The fourth-order valence-corrected chi connectivity index (χ4v) is 1.47. The topological polar surface area (TPSA) is 9.23 Å². The highest BCUT2D eigenvalue weighted by atomic mass is 35.6. The first-order chi connectivity index (χ1) is 5.43. The molecule has 0 N–H and O–H groups in total. The number of hydrogen-bond donors (Lipinski definition) is 0. The maximum Gasteiger partial charge on any atom is 0.258 e. The Kier molecular flexibility index (Phi) is 4.27. The molecule has 0 heterocycles. The third kappa shape index (κ3) is 3.56. The van der Waals surface area contributed by atoms with E-state index in [9.17, 15) is 0 Å². The van der Waals surface area contributed by atoms with Crippen molar-refractivity contribution in [3.05, 3.63) is 35.9 Å². The Morgan fingerprint density at radius 2 is 2.00 bits per heavy atom. The van der Waals surface area contributed by atoms with Crippen LogP contribution >= 0.6 is 11.1 Å². The van der Waals surface area contributed by atoms with Crippen LogP contribution in [0.25, 0.3) is 0 Å². The summed E-state index contributed by atoms with van der Waals surface area (Å²) in [4.78, 5) is 0. The van der Waals surface area contributed by atoms with E-state index in [0.717, 1.165) is 13.0 Å². The maximum absolute atomic E-state index is 5.48. The van der Waals surface area contributed by atoms with E-state index in [-0.39, 0.29) is 0 Å². The van der Waals surface area contributed by atoms with Gasteiger partial charge in [0.05, 0.1) is 0 Å². The smallest absolute Gasteiger partial charge is 0.258 e. The predicted molar refractivity (Wildman–Crippen MR) is 50.5 cm³/mol. The quantitative estimate of drug-likeness (QED) is 0.393. The van der Waals surface area contributed by atoms with E-state index < -0.39 is 9.07 Å². The van der Waals surface area contributed by atoms with Gasteiger partial charge in [-0.3, -0.25) is 0 Å². The highest BCUT2D eigenvalue weighted by Crippen LogP contribution is 1.98. The molecule has 0 fully saturated rings. The van der Waals surface area contributed by atoms with Gasteiger partial charge in [0.2, 0.25) is 0 Å². The lowest BCUT2D eigenvalue weighted by molar-refractivity contribution is 0.350. The van der Waals surface area contributed by atoms with Gasteiger partial charge in [-0.2, -0.15) is 0 Å². The summed E-state index contributed by atoms with van der Waals surface area (Å²) in [6, 6.07) is 10.3. The molecule has 1 rings (SSSR count). The Hall–Kier alpha value is -0.313. The third-order valence-electron chi connectivity index (χ3n) is 1.46. The number of rotatable bonds is 4. The van der Waals surface area contributed by atoms with Crippen molar-refractivity contribution < 1.29 is 4.43 Å². The molecule has 0 spiro atoms. The molecule has 1 aromatic carbocycles. The van der Waals surface area contributed by atoms with Gasteiger partial charge in [-0.05, 0) is 12.0 Å². The summed E-state index contributed by atoms with van der Waals surface area (Å²) in [5.41, 5.74) is 1.31. The molecule has 0 radical (unpaired) electrons. The Labute approximate surface area is 74.0 Å². The monoisotopic (exact) mass is 186 g/mol. The van der Waals surface area contributed by atoms with Crippen LogP contribution in [0.4, 0.5) is 0 Å². The van der Waals surface area contributed by atoms with Crippen LogP contribution in [0.1, 0.15) is 5.56 Å². The van der Waals surface area contributed by atoms with Gasteiger partial charge in [-0.25, -0.2) is 0 Å². The van der Waals surface area contributed by atoms with Crippen molar-refractivity contribution in [1.29, 1.82) is 0 Å². The van der Waals surface area contributed by atoms with Crippen LogP contribution in [0.3, 0.4) is 0 Å². The van der Waals surface area contributed by atoms with E-state index in [4.69, 9.17) is 15.5 Å². The zero-order valence-corrected chi connectivity index (χ0v) is 8.46. The Morgan fingerprint density at radius 1 is 1.27 bits per heavy atom. The molecule has 11 heavy (non-hydrogen) atoms. The van der Waals surface area contributed by atoms with Gasteiger partial charge in [-0.1, -0.05) is 30.3 Å². The van der Waals surface area contributed by atoms with Gasteiger partial charge in [-0.15, -0.1) is 11.1 Å². The number of halogens is 1. The fraction of sp³-hybridized carbons (Fsp3) is 0.250. The summed E-state index contributed by atoms with van der Waals surface area (Å²) < 4.78 is 5.14. The van der Waals surface area contributed by atoms with E-state index in [0.29, 0.717) is 0 Å². The Morgan fingerprint density at radius 3 is 2.64 bits per heavy atom. The SMILES string of the molecule is Cl[SiH2]OCCc1ccccc1. The van der Waals surface area contributed by atoms with E-state index >= 15 is 0 Å². The Bertz CT molecular complexity index is 191. The van der Waals surface area contributed by atoms with Crippen molar-refractivity contribution in [3.8, 4) is 0 Å². The van der Waals surface area contributed by atoms with E-state index in [1.165, 1.54) is 5.56 Å². The van der Waals surface area contributed by atoms with Crippen molar-refractivity contribution in [3.63, 3.8) is 0 Å². The summed E-state index contributed by atoms with van der Waals surface area (Å²) in [5, 5.41) is 0. The minimum absolute atomic E-state index is 0.730. The molecule has 0 saturated carbocycles. The maximum atomic E-state index is 5.48. The second-order valence-corrected chi connectivity index (χ2v) is 3.53. The normalized spacial score (nSPS) is 11.0. The average Bonchev–Trinajstić information content (AvgIpc) is 2.07. The summed E-state index contributed by atoms with van der Waals surface area (Å²) >= 11 is 5.48. The largest absolute Gasteiger partial charge is 0.408 e. The molecule has 1 nitrogen and oxygen atoms in total. The Balaban J connectivity index is 2.28. The van der Waals surface area contributed by atoms with E-state index in [2.05, 4.69) is 12.1 Å². The van der Waals surface area contributed by atoms with Gasteiger partial charge in [0, 0.05) is 6.61 Å². The first-order valence-electron chi connectivity index (χ1n) is 3.61. The third-order valence-corrected chi connectivity index (χ3v) is 2.36. The zero-order chi connectivity index (χ0) is 7.94. The predicted octanol–water partition coefficient (Wildman–Crippen LogP) is 1.48. The molecular weight excluding hydrogens is 176 g/mol. The highest BCUT2D eigenvalue weighted by molar-refractivity contribution is 6.89. The van der Waals surface area contributed by atoms with Crippen LogP contribution in [0.15, 0.2) is 30.3 Å². The van der Waals surface area contributed by atoms with Crippen molar-refractivity contribution in [2.45, 2.75) is 6.42 Å². The van der Waals surface area contributed by atoms with Crippen LogP contribution in [-0.2, 0) is 10.8 Å². The van der Waals surface area contributed by atoms with Gasteiger partial charge in [0.1, 0.15) is 0 Å². The van der Waals surface area contributed by atoms with Crippen molar-refractivity contribution in [1.82, 2.24) is 0 Å². The van der Waals surface area contributed by atoms with E-state index in [1.807, 2.05) is 18.2 Å². The van der Waals surface area contributed by atoms with Crippen LogP contribution in [0.5, 0.6) is 0 Å². The lowest BCUT2D eigenvalue weighted by Gasteiger charge is -1.99. The second kappa shape index (κ2) is 5.35. The lowest BCUT2D eigenvalue weighted by Crippen LogP contribution is -1.98. The van der Waals surface area contributed by atoms with Crippen molar-refractivity contribution >= 4 is 20.2 Å². The number of hydrogen-bond acceptors (Lipinski definition) is 1. The van der Waals surface area contributed by atoms with Crippen molar-refractivity contribution in [2.24, 2.45) is 0 Å². The zero-order valence-electron chi connectivity index (χ0n) is 6.29. The van der Waals surface area contributed by atoms with Crippen molar-refractivity contribution in [2.75, 3.05) is 6.61 Å². The van der Waals surface area contributed by atoms with Crippen LogP contribution in [0, 0.1) is 0 Å². The van der Waals surface area contributed by atoms with E-state index in [1.54, 1.807) is 0 Å².